The number of carbonyl (C=O) groups is 1. The molecule has 0 fully saturated rings. The SMILES string of the molecule is Cc1ccccc1-c1csc(NC(=O)c2c(F)cc(OC(F)F)cc2F)n1. The van der Waals surface area contributed by atoms with Crippen LogP contribution in [0.25, 0.3) is 11.3 Å². The normalized spacial score (nSPS) is 10.9. The first-order valence-corrected chi connectivity index (χ1v) is 8.50. The van der Waals surface area contributed by atoms with E-state index in [2.05, 4.69) is 15.0 Å². The molecule has 0 atom stereocenters. The van der Waals surface area contributed by atoms with E-state index < -0.39 is 35.5 Å². The molecule has 3 aromatic rings. The lowest BCUT2D eigenvalue weighted by Crippen LogP contribution is -2.16. The first-order chi connectivity index (χ1) is 12.8. The van der Waals surface area contributed by atoms with Gasteiger partial charge in [0, 0.05) is 23.1 Å². The molecule has 0 aliphatic carbocycles. The zero-order chi connectivity index (χ0) is 19.6. The molecular formula is C18H12F4N2O2S. The molecule has 1 N–H and O–H groups in total. The molecule has 27 heavy (non-hydrogen) atoms. The Morgan fingerprint density at radius 1 is 1.19 bits per heavy atom. The predicted molar refractivity (Wildman–Crippen MR) is 93.2 cm³/mol. The van der Waals surface area contributed by atoms with Crippen molar-refractivity contribution < 1.29 is 27.1 Å². The number of aryl methyl sites for hydroxylation is 1. The fourth-order valence-corrected chi connectivity index (χ4v) is 3.12. The number of carbonyl (C=O) groups excluding carboxylic acids is 1. The summed E-state index contributed by atoms with van der Waals surface area (Å²) in [6.45, 7) is -1.33. The van der Waals surface area contributed by atoms with Crippen molar-refractivity contribution in [2.45, 2.75) is 13.5 Å². The van der Waals surface area contributed by atoms with Crippen LogP contribution in [0.5, 0.6) is 5.75 Å². The van der Waals surface area contributed by atoms with E-state index >= 15 is 0 Å². The topological polar surface area (TPSA) is 51.2 Å². The maximum absolute atomic E-state index is 14.0. The first-order valence-electron chi connectivity index (χ1n) is 7.62. The van der Waals surface area contributed by atoms with Gasteiger partial charge in [0.15, 0.2) is 5.13 Å². The number of anilines is 1. The number of amides is 1. The zero-order valence-electron chi connectivity index (χ0n) is 13.8. The van der Waals surface area contributed by atoms with Gasteiger partial charge in [-0.1, -0.05) is 24.3 Å². The van der Waals surface area contributed by atoms with Crippen LogP contribution in [0.1, 0.15) is 15.9 Å². The lowest BCUT2D eigenvalue weighted by Gasteiger charge is -2.08. The van der Waals surface area contributed by atoms with Crippen molar-refractivity contribution in [3.63, 3.8) is 0 Å². The van der Waals surface area contributed by atoms with Gasteiger partial charge in [0.25, 0.3) is 5.91 Å². The molecule has 0 saturated heterocycles. The molecule has 3 rings (SSSR count). The summed E-state index contributed by atoms with van der Waals surface area (Å²) in [6, 6.07) is 8.52. The highest BCUT2D eigenvalue weighted by atomic mass is 32.1. The van der Waals surface area contributed by atoms with Gasteiger partial charge in [0.1, 0.15) is 22.9 Å². The van der Waals surface area contributed by atoms with Gasteiger partial charge in [0.2, 0.25) is 0 Å². The van der Waals surface area contributed by atoms with E-state index in [1.807, 2.05) is 31.2 Å². The number of benzene rings is 2. The van der Waals surface area contributed by atoms with Crippen molar-refractivity contribution in [2.75, 3.05) is 5.32 Å². The summed E-state index contributed by atoms with van der Waals surface area (Å²) in [5.74, 6) is -4.44. The molecule has 1 aromatic heterocycles. The number of aromatic nitrogens is 1. The Balaban J connectivity index is 1.81. The van der Waals surface area contributed by atoms with Crippen molar-refractivity contribution >= 4 is 22.4 Å². The smallest absolute Gasteiger partial charge is 0.387 e. The van der Waals surface area contributed by atoms with Crippen LogP contribution in [0.3, 0.4) is 0 Å². The Morgan fingerprint density at radius 3 is 2.48 bits per heavy atom. The largest absolute Gasteiger partial charge is 0.435 e. The first kappa shape index (κ1) is 18.8. The molecule has 0 spiro atoms. The van der Waals surface area contributed by atoms with E-state index in [4.69, 9.17) is 0 Å². The van der Waals surface area contributed by atoms with Crippen molar-refractivity contribution in [1.29, 1.82) is 0 Å². The second-order valence-corrected chi connectivity index (χ2v) is 6.31. The molecule has 140 valence electrons. The minimum absolute atomic E-state index is 0.143. The molecule has 1 heterocycles. The lowest BCUT2D eigenvalue weighted by atomic mass is 10.1. The monoisotopic (exact) mass is 396 g/mol. The summed E-state index contributed by atoms with van der Waals surface area (Å²) in [5.41, 5.74) is 1.53. The fourth-order valence-electron chi connectivity index (χ4n) is 2.41. The van der Waals surface area contributed by atoms with Crippen molar-refractivity contribution in [3.8, 4) is 17.0 Å². The number of alkyl halides is 2. The summed E-state index contributed by atoms with van der Waals surface area (Å²) in [7, 11) is 0. The van der Waals surface area contributed by atoms with E-state index in [-0.39, 0.29) is 5.13 Å². The molecule has 4 nitrogen and oxygen atoms in total. The average molecular weight is 396 g/mol. The minimum Gasteiger partial charge on any atom is -0.435 e. The molecule has 0 aliphatic rings. The fraction of sp³-hybridized carbons (Fsp3) is 0.111. The third-order valence-corrected chi connectivity index (χ3v) is 4.37. The van der Waals surface area contributed by atoms with Gasteiger partial charge < -0.3 is 4.74 Å². The minimum atomic E-state index is -3.24. The molecule has 0 unspecified atom stereocenters. The van der Waals surface area contributed by atoms with Gasteiger partial charge >= 0.3 is 6.61 Å². The molecule has 0 radical (unpaired) electrons. The van der Waals surface area contributed by atoms with Crippen LogP contribution >= 0.6 is 11.3 Å². The number of rotatable bonds is 5. The van der Waals surface area contributed by atoms with Crippen molar-refractivity contribution in [1.82, 2.24) is 4.98 Å². The van der Waals surface area contributed by atoms with E-state index in [9.17, 15) is 22.4 Å². The van der Waals surface area contributed by atoms with Gasteiger partial charge in [0.05, 0.1) is 5.69 Å². The summed E-state index contributed by atoms with van der Waals surface area (Å²) in [6.07, 6.45) is 0. The Hall–Kier alpha value is -2.94. The summed E-state index contributed by atoms with van der Waals surface area (Å²) in [4.78, 5) is 16.4. The van der Waals surface area contributed by atoms with E-state index in [0.29, 0.717) is 17.8 Å². The highest BCUT2D eigenvalue weighted by molar-refractivity contribution is 7.14. The van der Waals surface area contributed by atoms with Gasteiger partial charge in [-0.05, 0) is 12.5 Å². The van der Waals surface area contributed by atoms with Crippen LogP contribution in [0.15, 0.2) is 41.8 Å². The summed E-state index contributed by atoms with van der Waals surface area (Å²) in [5, 5.41) is 4.15. The van der Waals surface area contributed by atoms with Crippen LogP contribution in [0.2, 0.25) is 0 Å². The second-order valence-electron chi connectivity index (χ2n) is 5.45. The number of thiazole rings is 1. The zero-order valence-corrected chi connectivity index (χ0v) is 14.6. The van der Waals surface area contributed by atoms with Crippen LogP contribution in [-0.2, 0) is 0 Å². The van der Waals surface area contributed by atoms with Gasteiger partial charge in [-0.15, -0.1) is 11.3 Å². The Labute approximate surface area is 155 Å². The third kappa shape index (κ3) is 4.25. The summed E-state index contributed by atoms with van der Waals surface area (Å²) >= 11 is 1.09. The second kappa shape index (κ2) is 7.75. The van der Waals surface area contributed by atoms with E-state index in [0.717, 1.165) is 22.5 Å². The number of hydrogen-bond donors (Lipinski definition) is 1. The quantitative estimate of drug-likeness (QED) is 0.600. The van der Waals surface area contributed by atoms with Crippen molar-refractivity contribution in [3.05, 3.63) is 64.5 Å². The highest BCUT2D eigenvalue weighted by Crippen LogP contribution is 2.28. The van der Waals surface area contributed by atoms with Crippen LogP contribution in [-0.4, -0.2) is 17.5 Å². The Kier molecular flexibility index (Phi) is 5.41. The highest BCUT2D eigenvalue weighted by Gasteiger charge is 2.21. The average Bonchev–Trinajstić information content (AvgIpc) is 3.02. The lowest BCUT2D eigenvalue weighted by molar-refractivity contribution is -0.0501. The Bertz CT molecular complexity index is 968. The Morgan fingerprint density at radius 2 is 1.85 bits per heavy atom. The maximum Gasteiger partial charge on any atom is 0.387 e. The van der Waals surface area contributed by atoms with Gasteiger partial charge in [-0.3, -0.25) is 10.1 Å². The van der Waals surface area contributed by atoms with Gasteiger partial charge in [-0.25, -0.2) is 13.8 Å². The van der Waals surface area contributed by atoms with Gasteiger partial charge in [-0.2, -0.15) is 8.78 Å². The molecular weight excluding hydrogens is 384 g/mol. The predicted octanol–water partition coefficient (Wildman–Crippen LogP) is 5.25. The summed E-state index contributed by atoms with van der Waals surface area (Å²) < 4.78 is 56.2. The third-order valence-electron chi connectivity index (χ3n) is 3.61. The number of ether oxygens (including phenoxy) is 1. The van der Waals surface area contributed by atoms with Crippen LogP contribution < -0.4 is 10.1 Å². The van der Waals surface area contributed by atoms with E-state index in [1.165, 1.54) is 0 Å². The molecule has 9 heteroatoms. The van der Waals surface area contributed by atoms with E-state index in [1.54, 1.807) is 5.38 Å². The van der Waals surface area contributed by atoms with Crippen LogP contribution in [0, 0.1) is 18.6 Å². The number of halogens is 4. The molecule has 0 aliphatic heterocycles. The molecule has 0 bridgehead atoms. The standard InChI is InChI=1S/C18H12F4N2O2S/c1-9-4-2-3-5-11(9)14-8-27-18(23-14)24-16(25)15-12(19)6-10(7-13(15)20)26-17(21)22/h2-8,17H,1H3,(H,23,24,25). The maximum atomic E-state index is 14.0. The molecule has 2 aromatic carbocycles. The molecule has 1 amide bonds. The molecule has 0 saturated carbocycles. The number of hydrogen-bond acceptors (Lipinski definition) is 4. The van der Waals surface area contributed by atoms with Crippen LogP contribution in [0.4, 0.5) is 22.7 Å². The van der Waals surface area contributed by atoms with Crippen molar-refractivity contribution in [2.24, 2.45) is 0 Å². The number of nitrogens with one attached hydrogen (secondary N) is 1. The number of nitrogens with zero attached hydrogens (tertiary/aromatic N) is 1.